The molecule has 0 saturated carbocycles. The van der Waals surface area contributed by atoms with Crippen molar-refractivity contribution in [1.29, 1.82) is 0 Å². The number of aromatic nitrogens is 1. The third-order valence-corrected chi connectivity index (χ3v) is 2.90. The second-order valence-corrected chi connectivity index (χ2v) is 4.35. The molecule has 0 aliphatic rings. The van der Waals surface area contributed by atoms with Crippen LogP contribution >= 0.6 is 0 Å². The van der Waals surface area contributed by atoms with Crippen LogP contribution in [0.4, 0.5) is 13.2 Å². The molecule has 102 valence electrons. The fourth-order valence-electron chi connectivity index (χ4n) is 1.85. The predicted molar refractivity (Wildman–Crippen MR) is 65.3 cm³/mol. The second-order valence-electron chi connectivity index (χ2n) is 4.35. The van der Waals surface area contributed by atoms with Gasteiger partial charge in [0.05, 0.1) is 0 Å². The molecule has 0 aromatic carbocycles. The third-order valence-electron chi connectivity index (χ3n) is 2.90. The Morgan fingerprint density at radius 3 is 2.61 bits per heavy atom. The first kappa shape index (κ1) is 15.0. The lowest BCUT2D eigenvalue weighted by molar-refractivity contribution is -0.135. The number of rotatable bonds is 7. The molecule has 1 heterocycles. The maximum atomic E-state index is 12.0. The van der Waals surface area contributed by atoms with Gasteiger partial charge in [0.25, 0.3) is 0 Å². The number of hydrogen-bond donors (Lipinski definition) is 1. The maximum absolute atomic E-state index is 12.0. The Balaban J connectivity index is 2.25. The number of hydrogen-bond acceptors (Lipinski definition) is 2. The Morgan fingerprint density at radius 2 is 2.06 bits per heavy atom. The molecule has 0 fully saturated rings. The molecule has 0 saturated heterocycles. The third kappa shape index (κ3) is 6.59. The average Bonchev–Trinajstić information content (AvgIpc) is 2.33. The van der Waals surface area contributed by atoms with Crippen molar-refractivity contribution in [3.8, 4) is 0 Å². The summed E-state index contributed by atoms with van der Waals surface area (Å²) < 4.78 is 36.1. The van der Waals surface area contributed by atoms with E-state index in [0.29, 0.717) is 6.42 Å². The molecule has 1 aromatic heterocycles. The molecule has 0 radical (unpaired) electrons. The molecule has 2 nitrogen and oxygen atoms in total. The lowest BCUT2D eigenvalue weighted by Crippen LogP contribution is -2.26. The normalized spacial score (nSPS) is 13.6. The minimum Gasteiger partial charge on any atom is -0.317 e. The number of halogens is 3. The predicted octanol–water partition coefficient (Wildman–Crippen LogP) is 3.33. The van der Waals surface area contributed by atoms with Crippen molar-refractivity contribution in [3.05, 3.63) is 30.1 Å². The highest BCUT2D eigenvalue weighted by atomic mass is 19.4. The fraction of sp³-hybridized carbons (Fsp3) is 0.615. The highest BCUT2D eigenvalue weighted by Crippen LogP contribution is 2.23. The van der Waals surface area contributed by atoms with E-state index >= 15 is 0 Å². The summed E-state index contributed by atoms with van der Waals surface area (Å²) in [6.45, 7) is 0. The molecule has 18 heavy (non-hydrogen) atoms. The number of nitrogens with one attached hydrogen (secondary N) is 1. The highest BCUT2D eigenvalue weighted by Gasteiger charge is 2.26. The lowest BCUT2D eigenvalue weighted by Gasteiger charge is -2.16. The first-order valence-electron chi connectivity index (χ1n) is 6.15. The summed E-state index contributed by atoms with van der Waals surface area (Å²) >= 11 is 0. The Morgan fingerprint density at radius 1 is 1.28 bits per heavy atom. The van der Waals surface area contributed by atoms with Gasteiger partial charge in [-0.15, -0.1) is 0 Å². The zero-order chi connectivity index (χ0) is 13.4. The average molecular weight is 260 g/mol. The summed E-state index contributed by atoms with van der Waals surface area (Å²) in [5, 5.41) is 3.06. The van der Waals surface area contributed by atoms with Gasteiger partial charge < -0.3 is 5.32 Å². The lowest BCUT2D eigenvalue weighted by atomic mass is 10.0. The van der Waals surface area contributed by atoms with Crippen LogP contribution in [0, 0.1) is 0 Å². The van der Waals surface area contributed by atoms with E-state index in [4.69, 9.17) is 0 Å². The Kier molecular flexibility index (Phi) is 6.12. The van der Waals surface area contributed by atoms with E-state index in [9.17, 15) is 13.2 Å². The number of nitrogens with zero attached hydrogens (tertiary/aromatic N) is 1. The highest BCUT2D eigenvalue weighted by molar-refractivity contribution is 5.03. The summed E-state index contributed by atoms with van der Waals surface area (Å²) in [6.07, 6.45) is -0.689. The second kappa shape index (κ2) is 7.36. The number of pyridine rings is 1. The van der Waals surface area contributed by atoms with Gasteiger partial charge in [-0.1, -0.05) is 6.07 Å². The molecule has 0 aliphatic heterocycles. The smallest absolute Gasteiger partial charge is 0.317 e. The molecule has 5 heteroatoms. The molecular formula is C13H19F3N2. The van der Waals surface area contributed by atoms with Crippen LogP contribution in [0.2, 0.25) is 0 Å². The fourth-order valence-corrected chi connectivity index (χ4v) is 1.85. The van der Waals surface area contributed by atoms with Crippen LogP contribution in [0.5, 0.6) is 0 Å². The van der Waals surface area contributed by atoms with Crippen LogP contribution < -0.4 is 5.32 Å². The quantitative estimate of drug-likeness (QED) is 0.813. The molecule has 0 amide bonds. The van der Waals surface area contributed by atoms with Gasteiger partial charge in [0.15, 0.2) is 0 Å². The Hall–Kier alpha value is -1.10. The number of alkyl halides is 3. The van der Waals surface area contributed by atoms with Gasteiger partial charge in [-0.05, 0) is 44.9 Å². The summed E-state index contributed by atoms with van der Waals surface area (Å²) in [7, 11) is 1.79. The van der Waals surface area contributed by atoms with Gasteiger partial charge in [0.2, 0.25) is 0 Å². The first-order valence-corrected chi connectivity index (χ1v) is 6.15. The molecular weight excluding hydrogens is 241 g/mol. The Labute approximate surface area is 106 Å². The summed E-state index contributed by atoms with van der Waals surface area (Å²) in [4.78, 5) is 4.20. The summed E-state index contributed by atoms with van der Waals surface area (Å²) in [5.74, 6) is 0. The van der Waals surface area contributed by atoms with E-state index < -0.39 is 12.6 Å². The molecule has 0 bridgehead atoms. The minimum atomic E-state index is -4.04. The monoisotopic (exact) mass is 260 g/mol. The van der Waals surface area contributed by atoms with E-state index in [1.807, 2.05) is 18.2 Å². The van der Waals surface area contributed by atoms with Crippen molar-refractivity contribution in [2.24, 2.45) is 0 Å². The topological polar surface area (TPSA) is 24.9 Å². The van der Waals surface area contributed by atoms with E-state index in [-0.39, 0.29) is 12.5 Å². The first-order chi connectivity index (χ1) is 8.51. The van der Waals surface area contributed by atoms with Crippen LogP contribution in [-0.4, -0.2) is 24.2 Å². The minimum absolute atomic E-state index is 0.120. The summed E-state index contributed by atoms with van der Waals surface area (Å²) in [5.41, 5.74) is 0.980. The molecule has 1 rings (SSSR count). The molecule has 1 aromatic rings. The standard InChI is InChI=1S/C13H19F3N2/c1-17-11(6-4-9-13(14,15)16)7-8-12-5-2-3-10-18-12/h2-3,5,10-11,17H,4,6-9H2,1H3. The molecule has 0 aliphatic carbocycles. The van der Waals surface area contributed by atoms with Gasteiger partial charge in [0, 0.05) is 24.4 Å². The van der Waals surface area contributed by atoms with Crippen molar-refractivity contribution >= 4 is 0 Å². The van der Waals surface area contributed by atoms with Crippen LogP contribution in [0.1, 0.15) is 31.4 Å². The molecule has 1 N–H and O–H groups in total. The van der Waals surface area contributed by atoms with Gasteiger partial charge in [-0.2, -0.15) is 13.2 Å². The van der Waals surface area contributed by atoms with Crippen LogP contribution in [0.3, 0.4) is 0 Å². The zero-order valence-corrected chi connectivity index (χ0v) is 10.5. The van der Waals surface area contributed by atoms with Gasteiger partial charge in [-0.25, -0.2) is 0 Å². The van der Waals surface area contributed by atoms with Crippen LogP contribution in [-0.2, 0) is 6.42 Å². The number of aryl methyl sites for hydroxylation is 1. The summed E-state index contributed by atoms with van der Waals surface area (Å²) in [6, 6.07) is 5.82. The van der Waals surface area contributed by atoms with Crippen LogP contribution in [0.15, 0.2) is 24.4 Å². The van der Waals surface area contributed by atoms with Crippen molar-refractivity contribution in [1.82, 2.24) is 10.3 Å². The molecule has 1 atom stereocenters. The SMILES string of the molecule is CNC(CCCC(F)(F)F)CCc1ccccn1. The Bertz CT molecular complexity index is 325. The van der Waals surface area contributed by atoms with E-state index in [2.05, 4.69) is 10.3 Å². The van der Waals surface area contributed by atoms with E-state index in [0.717, 1.165) is 18.5 Å². The zero-order valence-electron chi connectivity index (χ0n) is 10.5. The molecule has 0 spiro atoms. The van der Waals surface area contributed by atoms with Crippen molar-refractivity contribution < 1.29 is 13.2 Å². The molecule has 1 unspecified atom stereocenters. The largest absolute Gasteiger partial charge is 0.389 e. The van der Waals surface area contributed by atoms with Gasteiger partial charge >= 0.3 is 6.18 Å². The van der Waals surface area contributed by atoms with Gasteiger partial charge in [0.1, 0.15) is 0 Å². The van der Waals surface area contributed by atoms with Crippen molar-refractivity contribution in [2.75, 3.05) is 7.05 Å². The van der Waals surface area contributed by atoms with E-state index in [1.54, 1.807) is 13.2 Å². The van der Waals surface area contributed by atoms with Gasteiger partial charge in [-0.3, -0.25) is 4.98 Å². The van der Waals surface area contributed by atoms with E-state index in [1.165, 1.54) is 0 Å². The van der Waals surface area contributed by atoms with Crippen molar-refractivity contribution in [2.45, 2.75) is 44.3 Å². The maximum Gasteiger partial charge on any atom is 0.389 e. The van der Waals surface area contributed by atoms with Crippen molar-refractivity contribution in [3.63, 3.8) is 0 Å². The van der Waals surface area contributed by atoms with Crippen LogP contribution in [0.25, 0.3) is 0 Å².